The van der Waals surface area contributed by atoms with Crippen LogP contribution in [0.1, 0.15) is 55.2 Å². The molecule has 2 N–H and O–H groups in total. The van der Waals surface area contributed by atoms with Crippen LogP contribution in [-0.4, -0.2) is 46.1 Å². The molecule has 1 saturated heterocycles. The largest absolute Gasteiger partial charge is 0.494 e. The van der Waals surface area contributed by atoms with Crippen LogP contribution in [0.4, 0.5) is 0 Å². The van der Waals surface area contributed by atoms with Crippen molar-refractivity contribution in [2.75, 3.05) is 13.7 Å². The zero-order valence-corrected chi connectivity index (χ0v) is 20.3. The van der Waals surface area contributed by atoms with Gasteiger partial charge < -0.3 is 19.9 Å². The molecule has 0 radical (unpaired) electrons. The number of imidazole rings is 1. The Bertz CT molecular complexity index is 1250. The number of fused-ring (bicyclic) bond motifs is 3. The Hall–Kier alpha value is -2.86. The van der Waals surface area contributed by atoms with Crippen LogP contribution < -0.4 is 10.5 Å². The van der Waals surface area contributed by atoms with E-state index in [-0.39, 0.29) is 18.0 Å². The van der Waals surface area contributed by atoms with Crippen molar-refractivity contribution < 1.29 is 9.53 Å². The Balaban J connectivity index is 1.39. The molecule has 5 atom stereocenters. The van der Waals surface area contributed by atoms with Crippen molar-refractivity contribution in [3.8, 4) is 5.75 Å². The Labute approximate surface area is 201 Å². The molecule has 1 aliphatic heterocycles. The molecule has 2 heterocycles. The number of amides is 1. The van der Waals surface area contributed by atoms with Crippen molar-refractivity contribution in [1.29, 1.82) is 0 Å². The van der Waals surface area contributed by atoms with Gasteiger partial charge in [0, 0.05) is 36.8 Å². The lowest BCUT2D eigenvalue weighted by Crippen LogP contribution is -2.41. The lowest BCUT2D eigenvalue weighted by atomic mass is 9.98. The van der Waals surface area contributed by atoms with Gasteiger partial charge in [0.25, 0.3) is 5.91 Å². The van der Waals surface area contributed by atoms with Gasteiger partial charge in [0.1, 0.15) is 17.1 Å². The minimum Gasteiger partial charge on any atom is -0.494 e. The van der Waals surface area contributed by atoms with Crippen LogP contribution in [0.15, 0.2) is 42.0 Å². The molecule has 2 unspecified atom stereocenters. The van der Waals surface area contributed by atoms with Crippen LogP contribution in [0.2, 0.25) is 0 Å². The van der Waals surface area contributed by atoms with E-state index in [0.717, 1.165) is 60.9 Å². The first kappa shape index (κ1) is 21.7. The Morgan fingerprint density at radius 3 is 2.79 bits per heavy atom. The van der Waals surface area contributed by atoms with Crippen LogP contribution in [0.25, 0.3) is 16.6 Å². The molecule has 2 bridgehead atoms. The maximum Gasteiger partial charge on any atom is 0.254 e. The lowest BCUT2D eigenvalue weighted by molar-refractivity contribution is 0.0700. The van der Waals surface area contributed by atoms with Gasteiger partial charge in [0.15, 0.2) is 0 Å². The van der Waals surface area contributed by atoms with Crippen molar-refractivity contribution in [3.63, 3.8) is 0 Å². The van der Waals surface area contributed by atoms with Crippen LogP contribution in [0.5, 0.6) is 5.75 Å². The molecule has 1 amide bonds. The lowest BCUT2D eigenvalue weighted by Gasteiger charge is -2.27. The van der Waals surface area contributed by atoms with E-state index < -0.39 is 0 Å². The molecule has 4 aliphatic rings. The molecule has 3 aliphatic carbocycles. The Kier molecular flexibility index (Phi) is 5.17. The number of methoxy groups -OCH3 is 1. The summed E-state index contributed by atoms with van der Waals surface area (Å²) in [6, 6.07) is 4.06. The van der Waals surface area contributed by atoms with Crippen molar-refractivity contribution in [2.45, 2.75) is 51.1 Å². The second-order valence-corrected chi connectivity index (χ2v) is 10.6. The number of rotatable bonds is 5. The number of carbonyl (C=O) groups excluding carboxylic acids is 1. The van der Waals surface area contributed by atoms with Gasteiger partial charge in [-0.3, -0.25) is 4.79 Å². The molecule has 3 fully saturated rings. The molecule has 6 heteroatoms. The van der Waals surface area contributed by atoms with E-state index in [2.05, 4.69) is 35.8 Å². The number of nitrogens with zero attached hydrogens (tertiary/aromatic N) is 3. The molecular weight excluding hydrogens is 424 g/mol. The summed E-state index contributed by atoms with van der Waals surface area (Å²) in [5.74, 6) is 3.64. The van der Waals surface area contributed by atoms with Crippen molar-refractivity contribution >= 4 is 22.5 Å². The highest BCUT2D eigenvalue weighted by atomic mass is 16.5. The summed E-state index contributed by atoms with van der Waals surface area (Å²) in [5.41, 5.74) is 11.2. The van der Waals surface area contributed by atoms with Gasteiger partial charge in [-0.15, -0.1) is 0 Å². The maximum absolute atomic E-state index is 13.5. The van der Waals surface area contributed by atoms with Gasteiger partial charge in [0.2, 0.25) is 0 Å². The normalized spacial score (nSPS) is 29.9. The van der Waals surface area contributed by atoms with Gasteiger partial charge in [-0.1, -0.05) is 31.2 Å². The summed E-state index contributed by atoms with van der Waals surface area (Å²) in [7, 11) is 3.71. The number of allylic oxidation sites excluding steroid dienone is 6. The molecule has 6 nitrogen and oxygen atoms in total. The summed E-state index contributed by atoms with van der Waals surface area (Å²) in [6.07, 6.45) is 14.3. The zero-order valence-electron chi connectivity index (χ0n) is 20.3. The van der Waals surface area contributed by atoms with E-state index in [0.29, 0.717) is 17.2 Å². The number of hydrogen-bond acceptors (Lipinski definition) is 4. The molecule has 1 aromatic heterocycles. The van der Waals surface area contributed by atoms with Gasteiger partial charge >= 0.3 is 0 Å². The quantitative estimate of drug-likeness (QED) is 0.718. The fraction of sp³-hybridized carbons (Fsp3) is 0.500. The van der Waals surface area contributed by atoms with E-state index in [9.17, 15) is 4.79 Å². The predicted molar refractivity (Wildman–Crippen MR) is 134 cm³/mol. The third kappa shape index (κ3) is 3.42. The summed E-state index contributed by atoms with van der Waals surface area (Å²) in [6.45, 7) is 3.09. The summed E-state index contributed by atoms with van der Waals surface area (Å²) in [5, 5.41) is 0. The third-order valence-electron chi connectivity index (χ3n) is 8.56. The molecular formula is C28H34N4O2. The summed E-state index contributed by atoms with van der Waals surface area (Å²) < 4.78 is 7.90. The predicted octanol–water partition coefficient (Wildman–Crippen LogP) is 4.46. The first-order chi connectivity index (χ1) is 16.5. The van der Waals surface area contributed by atoms with Crippen molar-refractivity contribution in [1.82, 2.24) is 14.5 Å². The average Bonchev–Trinajstić information content (AvgIpc) is 3.24. The topological polar surface area (TPSA) is 73.4 Å². The second-order valence-electron chi connectivity index (χ2n) is 10.6. The highest BCUT2D eigenvalue weighted by molar-refractivity contribution is 6.00. The molecule has 0 spiro atoms. The summed E-state index contributed by atoms with van der Waals surface area (Å²) >= 11 is 0. The monoisotopic (exact) mass is 458 g/mol. The Morgan fingerprint density at radius 1 is 1.29 bits per heavy atom. The molecule has 6 rings (SSSR count). The van der Waals surface area contributed by atoms with Crippen LogP contribution in [0, 0.1) is 17.8 Å². The maximum atomic E-state index is 13.5. The molecule has 34 heavy (non-hydrogen) atoms. The van der Waals surface area contributed by atoms with Gasteiger partial charge in [-0.25, -0.2) is 4.98 Å². The zero-order chi connectivity index (χ0) is 23.6. The minimum atomic E-state index is 0.0370. The number of aryl methyl sites for hydroxylation is 1. The number of carbonyl (C=O) groups is 1. The van der Waals surface area contributed by atoms with E-state index in [1.54, 1.807) is 7.11 Å². The standard InChI is InChI=1S/C28H34N4O2/c1-16-11-19(16)12-17-7-5-4-6-8-21(17)27-30-22-13-20(14-24(34-3)26(22)31(27)2)28(33)32-15-18-9-10-23(32)25(18)29/h4,6-8,13-14,16,18-19,23,25H,5,9-12,15,29H2,1-3H3/t16?,18-,19?,23-,25-/m1/s1. The van der Waals surface area contributed by atoms with Gasteiger partial charge in [0.05, 0.1) is 12.6 Å². The van der Waals surface area contributed by atoms with E-state index >= 15 is 0 Å². The fourth-order valence-electron chi connectivity index (χ4n) is 6.33. The van der Waals surface area contributed by atoms with E-state index in [1.807, 2.05) is 24.1 Å². The number of piperidine rings is 1. The number of hydrogen-bond donors (Lipinski definition) is 1. The number of nitrogens with two attached hydrogens (primary N) is 1. The van der Waals surface area contributed by atoms with Crippen LogP contribution in [-0.2, 0) is 7.05 Å². The molecule has 178 valence electrons. The highest BCUT2D eigenvalue weighted by Crippen LogP contribution is 2.45. The van der Waals surface area contributed by atoms with Crippen molar-refractivity contribution in [2.24, 2.45) is 30.5 Å². The first-order valence-electron chi connectivity index (χ1n) is 12.6. The van der Waals surface area contributed by atoms with E-state index in [4.69, 9.17) is 15.5 Å². The number of ether oxygens (including phenoxy) is 1. The second kappa shape index (κ2) is 8.12. The molecule has 2 saturated carbocycles. The Morgan fingerprint density at radius 2 is 2.12 bits per heavy atom. The molecule has 2 aromatic rings. The average molecular weight is 459 g/mol. The number of aromatic nitrogens is 2. The SMILES string of the molecule is COc1cc(C(=O)N2C[C@H]3CC[C@@H]2[C@@H]3N)cc2nc(C3=CC=CCC=C3CC3CC3C)n(C)c12. The van der Waals surface area contributed by atoms with Gasteiger partial charge in [-0.2, -0.15) is 0 Å². The number of benzene rings is 1. The smallest absolute Gasteiger partial charge is 0.254 e. The number of likely N-dealkylation sites (tertiary alicyclic amines) is 1. The first-order valence-corrected chi connectivity index (χ1v) is 12.6. The summed E-state index contributed by atoms with van der Waals surface area (Å²) in [4.78, 5) is 20.5. The van der Waals surface area contributed by atoms with Crippen molar-refractivity contribution in [3.05, 3.63) is 53.4 Å². The van der Waals surface area contributed by atoms with Crippen LogP contribution in [0.3, 0.4) is 0 Å². The highest BCUT2D eigenvalue weighted by Gasteiger charge is 2.47. The fourth-order valence-corrected chi connectivity index (χ4v) is 6.33. The van der Waals surface area contributed by atoms with Gasteiger partial charge in [-0.05, 0) is 67.6 Å². The minimum absolute atomic E-state index is 0.0370. The van der Waals surface area contributed by atoms with E-state index in [1.165, 1.54) is 17.6 Å². The third-order valence-corrected chi connectivity index (χ3v) is 8.56. The molecule has 1 aromatic carbocycles. The van der Waals surface area contributed by atoms with Crippen LogP contribution >= 0.6 is 0 Å².